The van der Waals surface area contributed by atoms with E-state index < -0.39 is 17.9 Å². The zero-order chi connectivity index (χ0) is 22.1. The number of primary amides is 1. The van der Waals surface area contributed by atoms with E-state index >= 15 is 0 Å². The fraction of sp³-hybridized carbons (Fsp3) is 0.857. The molecule has 0 aromatic rings. The van der Waals surface area contributed by atoms with Gasteiger partial charge >= 0.3 is 0 Å². The van der Waals surface area contributed by atoms with Crippen molar-refractivity contribution in [3.05, 3.63) is 0 Å². The van der Waals surface area contributed by atoms with E-state index in [2.05, 4.69) is 26.1 Å². The van der Waals surface area contributed by atoms with Crippen molar-refractivity contribution in [2.75, 3.05) is 27.3 Å². The molecule has 0 bridgehead atoms. The fourth-order valence-electron chi connectivity index (χ4n) is 4.13. The minimum absolute atomic E-state index is 0.0290. The number of nitrogens with zero attached hydrogens (tertiary/aromatic N) is 1. The number of nitrogens with one attached hydrogen (secondary N) is 1. The number of rotatable bonds is 12. The number of nitrogens with two attached hydrogens (primary N) is 1. The zero-order valence-corrected chi connectivity index (χ0v) is 18.8. The largest absolute Gasteiger partial charge is 0.381 e. The summed E-state index contributed by atoms with van der Waals surface area (Å²) in [4.78, 5) is 38.2. The topological polar surface area (TPSA) is 111 Å². The highest BCUT2D eigenvalue weighted by Crippen LogP contribution is 2.29. The summed E-state index contributed by atoms with van der Waals surface area (Å²) in [5.74, 6) is -0.667. The highest BCUT2D eigenvalue weighted by atomic mass is 16.5. The monoisotopic (exact) mass is 413 g/mol. The van der Waals surface area contributed by atoms with Gasteiger partial charge < -0.3 is 25.4 Å². The van der Waals surface area contributed by atoms with Crippen LogP contribution in [-0.2, 0) is 23.9 Å². The number of amides is 3. The molecule has 0 saturated carbocycles. The van der Waals surface area contributed by atoms with Crippen LogP contribution in [0.3, 0.4) is 0 Å². The van der Waals surface area contributed by atoms with E-state index in [1.807, 2.05) is 4.90 Å². The Balaban J connectivity index is 2.84. The van der Waals surface area contributed by atoms with Crippen LogP contribution in [0, 0.1) is 17.8 Å². The van der Waals surface area contributed by atoms with Crippen molar-refractivity contribution in [2.45, 2.75) is 71.6 Å². The molecule has 29 heavy (non-hydrogen) atoms. The summed E-state index contributed by atoms with van der Waals surface area (Å²) >= 11 is 0. The number of methoxy groups -OCH3 is 2. The highest BCUT2D eigenvalue weighted by Gasteiger charge is 2.40. The van der Waals surface area contributed by atoms with Gasteiger partial charge in [0.1, 0.15) is 0 Å². The van der Waals surface area contributed by atoms with Gasteiger partial charge in [0.05, 0.1) is 37.1 Å². The Bertz CT molecular complexity index is 556. The summed E-state index contributed by atoms with van der Waals surface area (Å²) in [6.07, 6.45) is 2.39. The van der Waals surface area contributed by atoms with Gasteiger partial charge in [-0.3, -0.25) is 14.4 Å². The van der Waals surface area contributed by atoms with E-state index in [0.717, 1.165) is 19.3 Å². The van der Waals surface area contributed by atoms with Gasteiger partial charge in [-0.1, -0.05) is 34.1 Å². The van der Waals surface area contributed by atoms with Crippen molar-refractivity contribution in [1.29, 1.82) is 0 Å². The predicted octanol–water partition coefficient (Wildman–Crippen LogP) is 1.32. The van der Waals surface area contributed by atoms with Crippen LogP contribution < -0.4 is 11.1 Å². The lowest BCUT2D eigenvalue weighted by Crippen LogP contribution is -2.51. The van der Waals surface area contributed by atoms with Gasteiger partial charge in [0.2, 0.25) is 17.7 Å². The van der Waals surface area contributed by atoms with Crippen molar-refractivity contribution in [1.82, 2.24) is 10.2 Å². The molecule has 1 aliphatic rings. The quantitative estimate of drug-likeness (QED) is 0.501. The van der Waals surface area contributed by atoms with Crippen LogP contribution in [0.1, 0.15) is 53.4 Å². The Hall–Kier alpha value is -1.67. The van der Waals surface area contributed by atoms with E-state index in [1.54, 1.807) is 21.1 Å². The first-order valence-electron chi connectivity index (χ1n) is 10.6. The second-order valence-electron chi connectivity index (χ2n) is 8.19. The van der Waals surface area contributed by atoms with Crippen molar-refractivity contribution in [3.8, 4) is 0 Å². The molecule has 1 heterocycles. The highest BCUT2D eigenvalue weighted by molar-refractivity contribution is 5.85. The van der Waals surface area contributed by atoms with Crippen molar-refractivity contribution >= 4 is 17.7 Å². The van der Waals surface area contributed by atoms with E-state index in [0.29, 0.717) is 18.9 Å². The Labute approximate surface area is 174 Å². The van der Waals surface area contributed by atoms with Crippen molar-refractivity contribution in [2.24, 2.45) is 23.5 Å². The van der Waals surface area contributed by atoms with E-state index in [1.165, 1.54) is 0 Å². The third kappa shape index (κ3) is 6.96. The molecule has 0 spiro atoms. The van der Waals surface area contributed by atoms with Gasteiger partial charge in [-0.25, -0.2) is 0 Å². The third-order valence-corrected chi connectivity index (χ3v) is 6.42. The van der Waals surface area contributed by atoms with Crippen LogP contribution >= 0.6 is 0 Å². The first-order chi connectivity index (χ1) is 13.7. The maximum atomic E-state index is 13.1. The molecule has 3 N–H and O–H groups in total. The Morgan fingerprint density at radius 3 is 2.34 bits per heavy atom. The molecule has 1 rings (SSSR count). The predicted molar refractivity (Wildman–Crippen MR) is 111 cm³/mol. The smallest absolute Gasteiger partial charge is 0.236 e. The zero-order valence-electron chi connectivity index (χ0n) is 18.8. The molecular formula is C21H39N3O5. The Morgan fingerprint density at radius 1 is 1.17 bits per heavy atom. The van der Waals surface area contributed by atoms with Crippen molar-refractivity contribution < 1.29 is 23.9 Å². The number of hydrogen-bond acceptors (Lipinski definition) is 5. The molecule has 168 valence electrons. The van der Waals surface area contributed by atoms with Gasteiger partial charge in [-0.15, -0.1) is 0 Å². The Morgan fingerprint density at radius 2 is 1.83 bits per heavy atom. The van der Waals surface area contributed by atoms with Crippen LogP contribution in [0.4, 0.5) is 0 Å². The molecule has 1 fully saturated rings. The molecular weight excluding hydrogens is 374 g/mol. The minimum Gasteiger partial charge on any atom is -0.381 e. The van der Waals surface area contributed by atoms with Crippen LogP contribution in [0.25, 0.3) is 0 Å². The molecule has 6 atom stereocenters. The SMILES string of the molecule is CCC(C)C(C)C(CC(=O)N1CCCC1C(OC)C(C)C(=O)NCC(N)=O)OC. The summed E-state index contributed by atoms with van der Waals surface area (Å²) in [5.41, 5.74) is 5.10. The number of hydrogen-bond donors (Lipinski definition) is 2. The minimum atomic E-state index is -0.599. The second-order valence-corrected chi connectivity index (χ2v) is 8.19. The summed E-state index contributed by atoms with van der Waals surface area (Å²) in [5, 5.41) is 2.52. The number of likely N-dealkylation sites (tertiary alicyclic amines) is 1. The van der Waals surface area contributed by atoms with E-state index in [-0.39, 0.29) is 36.4 Å². The Kier molecular flexibility index (Phi) is 10.6. The molecule has 8 nitrogen and oxygen atoms in total. The van der Waals surface area contributed by atoms with Gasteiger partial charge in [-0.2, -0.15) is 0 Å². The van der Waals surface area contributed by atoms with Crippen LogP contribution in [0.2, 0.25) is 0 Å². The van der Waals surface area contributed by atoms with Crippen molar-refractivity contribution in [3.63, 3.8) is 0 Å². The van der Waals surface area contributed by atoms with Gasteiger partial charge in [0.25, 0.3) is 0 Å². The number of carbonyl (C=O) groups excluding carboxylic acids is 3. The first-order valence-corrected chi connectivity index (χ1v) is 10.6. The fourth-order valence-corrected chi connectivity index (χ4v) is 4.13. The lowest BCUT2D eigenvalue weighted by molar-refractivity contribution is -0.142. The summed E-state index contributed by atoms with van der Waals surface area (Å²) in [6.45, 7) is 8.62. The maximum absolute atomic E-state index is 13.1. The second kappa shape index (κ2) is 12.1. The summed E-state index contributed by atoms with van der Waals surface area (Å²) in [7, 11) is 3.20. The maximum Gasteiger partial charge on any atom is 0.236 e. The lowest BCUT2D eigenvalue weighted by Gasteiger charge is -2.35. The molecule has 0 aromatic carbocycles. The first kappa shape index (κ1) is 25.4. The third-order valence-electron chi connectivity index (χ3n) is 6.42. The van der Waals surface area contributed by atoms with E-state index in [4.69, 9.17) is 15.2 Å². The molecule has 3 amide bonds. The molecule has 8 heteroatoms. The molecule has 0 aliphatic carbocycles. The average Bonchev–Trinajstić information content (AvgIpc) is 3.18. The molecule has 0 aromatic heterocycles. The van der Waals surface area contributed by atoms with Gasteiger partial charge in [0.15, 0.2) is 0 Å². The van der Waals surface area contributed by atoms with Crippen LogP contribution in [-0.4, -0.2) is 68.2 Å². The van der Waals surface area contributed by atoms with E-state index in [9.17, 15) is 14.4 Å². The lowest BCUT2D eigenvalue weighted by atomic mass is 9.87. The normalized spacial score (nSPS) is 21.9. The van der Waals surface area contributed by atoms with Gasteiger partial charge in [0, 0.05) is 20.8 Å². The molecule has 1 saturated heterocycles. The summed E-state index contributed by atoms with van der Waals surface area (Å²) in [6, 6.07) is -0.182. The standard InChI is InChI=1S/C21H39N3O5/c1-7-13(2)14(3)17(28-5)11-19(26)24-10-8-9-16(24)20(29-6)15(4)21(27)23-12-18(22)25/h13-17,20H,7-12H2,1-6H3,(H2,22,25)(H,23,27). The summed E-state index contributed by atoms with van der Waals surface area (Å²) < 4.78 is 11.3. The number of ether oxygens (including phenoxy) is 2. The number of carbonyl (C=O) groups is 3. The van der Waals surface area contributed by atoms with Crippen LogP contribution in [0.15, 0.2) is 0 Å². The van der Waals surface area contributed by atoms with Crippen LogP contribution in [0.5, 0.6) is 0 Å². The molecule has 1 aliphatic heterocycles. The molecule has 6 unspecified atom stereocenters. The molecule has 0 radical (unpaired) electrons. The average molecular weight is 414 g/mol. The van der Waals surface area contributed by atoms with Gasteiger partial charge in [-0.05, 0) is 24.7 Å².